The van der Waals surface area contributed by atoms with Crippen molar-refractivity contribution in [3.8, 4) is 0 Å². The summed E-state index contributed by atoms with van der Waals surface area (Å²) < 4.78 is 26.7. The third-order valence-corrected chi connectivity index (χ3v) is 2.88. The summed E-state index contributed by atoms with van der Waals surface area (Å²) in [5, 5.41) is 4.75. The van der Waals surface area contributed by atoms with Crippen LogP contribution in [0.2, 0.25) is 0 Å². The predicted octanol–water partition coefficient (Wildman–Crippen LogP) is 3.32. The molecule has 0 radical (unpaired) electrons. The molecule has 0 spiro atoms. The topological polar surface area (TPSA) is 58.2 Å². The molecule has 2 aromatic carbocycles. The first-order valence-corrected chi connectivity index (χ1v) is 6.65. The van der Waals surface area contributed by atoms with Gasteiger partial charge in [-0.15, -0.1) is 0 Å². The summed E-state index contributed by atoms with van der Waals surface area (Å²) in [5.74, 6) is -2.08. The van der Waals surface area contributed by atoms with Crippen LogP contribution in [0, 0.1) is 11.6 Å². The van der Waals surface area contributed by atoms with E-state index in [0.29, 0.717) is 0 Å². The summed E-state index contributed by atoms with van der Waals surface area (Å²) in [6, 6.07) is 11.5. The molecule has 0 saturated carbocycles. The Balaban J connectivity index is 1.82. The van der Waals surface area contributed by atoms with Crippen molar-refractivity contribution in [3.63, 3.8) is 0 Å². The third kappa shape index (κ3) is 4.37. The standard InChI is InChI=1S/C16H14F2N2O2/c17-11-5-1-3-7-13(11)19-15(21)9-10-16(22)20-14-8-4-2-6-12(14)18/h1-8H,9-10H2,(H,19,21)(H,20,22). The number of hydrogen-bond acceptors (Lipinski definition) is 2. The van der Waals surface area contributed by atoms with Crippen LogP contribution in [0.1, 0.15) is 12.8 Å². The maximum absolute atomic E-state index is 13.3. The van der Waals surface area contributed by atoms with Crippen molar-refractivity contribution in [2.24, 2.45) is 0 Å². The molecule has 2 N–H and O–H groups in total. The zero-order chi connectivity index (χ0) is 15.9. The van der Waals surface area contributed by atoms with Gasteiger partial charge in [0, 0.05) is 12.8 Å². The van der Waals surface area contributed by atoms with Gasteiger partial charge in [0.25, 0.3) is 0 Å². The number of rotatable bonds is 5. The van der Waals surface area contributed by atoms with Crippen molar-refractivity contribution in [1.29, 1.82) is 0 Å². The van der Waals surface area contributed by atoms with E-state index in [4.69, 9.17) is 0 Å². The quantitative estimate of drug-likeness (QED) is 0.890. The molecule has 0 unspecified atom stereocenters. The number of amides is 2. The molecule has 2 amide bonds. The smallest absolute Gasteiger partial charge is 0.224 e. The second-order valence-electron chi connectivity index (χ2n) is 4.56. The van der Waals surface area contributed by atoms with Crippen LogP contribution in [0.15, 0.2) is 48.5 Å². The first-order chi connectivity index (χ1) is 10.6. The van der Waals surface area contributed by atoms with E-state index in [0.717, 1.165) is 0 Å². The number of benzene rings is 2. The molecule has 0 heterocycles. The second kappa shape index (κ2) is 7.31. The van der Waals surface area contributed by atoms with Gasteiger partial charge in [-0.25, -0.2) is 8.78 Å². The van der Waals surface area contributed by atoms with Crippen LogP contribution in [0.4, 0.5) is 20.2 Å². The number of anilines is 2. The van der Waals surface area contributed by atoms with Gasteiger partial charge in [0.2, 0.25) is 11.8 Å². The molecule has 2 aromatic rings. The van der Waals surface area contributed by atoms with Crippen molar-refractivity contribution in [2.45, 2.75) is 12.8 Å². The van der Waals surface area contributed by atoms with Crippen LogP contribution in [0.5, 0.6) is 0 Å². The minimum atomic E-state index is -0.549. The minimum absolute atomic E-state index is 0.0574. The van der Waals surface area contributed by atoms with Crippen molar-refractivity contribution < 1.29 is 18.4 Å². The molecular formula is C16H14F2N2O2. The van der Waals surface area contributed by atoms with Gasteiger partial charge in [-0.2, -0.15) is 0 Å². The van der Waals surface area contributed by atoms with E-state index < -0.39 is 23.4 Å². The Morgan fingerprint density at radius 2 is 1.09 bits per heavy atom. The lowest BCUT2D eigenvalue weighted by Crippen LogP contribution is -2.18. The van der Waals surface area contributed by atoms with Crippen molar-refractivity contribution in [3.05, 3.63) is 60.2 Å². The highest BCUT2D eigenvalue weighted by atomic mass is 19.1. The molecule has 114 valence electrons. The second-order valence-corrected chi connectivity index (χ2v) is 4.56. The summed E-state index contributed by atoms with van der Waals surface area (Å²) in [6.07, 6.45) is -0.261. The lowest BCUT2D eigenvalue weighted by Gasteiger charge is -2.07. The maximum atomic E-state index is 13.3. The fourth-order valence-electron chi connectivity index (χ4n) is 1.78. The SMILES string of the molecule is O=C(CCC(=O)Nc1ccccc1F)Nc1ccccc1F. The molecule has 0 saturated heterocycles. The Labute approximate surface area is 126 Å². The van der Waals surface area contributed by atoms with Crippen LogP contribution >= 0.6 is 0 Å². The molecule has 6 heteroatoms. The average Bonchev–Trinajstić information content (AvgIpc) is 2.50. The molecule has 0 fully saturated rings. The summed E-state index contributed by atoms with van der Waals surface area (Å²) >= 11 is 0. The van der Waals surface area contributed by atoms with E-state index >= 15 is 0 Å². The fraction of sp³-hybridized carbons (Fsp3) is 0.125. The summed E-state index contributed by atoms with van der Waals surface area (Å²) in [5.41, 5.74) is 0.115. The lowest BCUT2D eigenvalue weighted by molar-refractivity contribution is -0.121. The maximum Gasteiger partial charge on any atom is 0.224 e. The molecule has 0 aliphatic heterocycles. The average molecular weight is 304 g/mol. The number of halogens is 2. The molecule has 0 aliphatic rings. The number of carbonyl (C=O) groups is 2. The first kappa shape index (κ1) is 15.6. The van der Waals surface area contributed by atoms with Gasteiger partial charge in [-0.05, 0) is 24.3 Å². The third-order valence-electron chi connectivity index (χ3n) is 2.88. The number of nitrogens with one attached hydrogen (secondary N) is 2. The van der Waals surface area contributed by atoms with Gasteiger partial charge in [-0.1, -0.05) is 24.3 Å². The van der Waals surface area contributed by atoms with Crippen molar-refractivity contribution >= 4 is 23.2 Å². The normalized spacial score (nSPS) is 10.1. The van der Waals surface area contributed by atoms with Gasteiger partial charge in [-0.3, -0.25) is 9.59 Å². The van der Waals surface area contributed by atoms with E-state index in [9.17, 15) is 18.4 Å². The Kier molecular flexibility index (Phi) is 5.19. The highest BCUT2D eigenvalue weighted by molar-refractivity contribution is 5.96. The van der Waals surface area contributed by atoms with Crippen LogP contribution in [-0.2, 0) is 9.59 Å². The summed E-state index contributed by atoms with van der Waals surface area (Å²) in [7, 11) is 0. The molecule has 2 rings (SSSR count). The number of hydrogen-bond donors (Lipinski definition) is 2. The highest BCUT2D eigenvalue weighted by Crippen LogP contribution is 2.14. The highest BCUT2D eigenvalue weighted by Gasteiger charge is 2.10. The van der Waals surface area contributed by atoms with Crippen LogP contribution in [0.25, 0.3) is 0 Å². The monoisotopic (exact) mass is 304 g/mol. The molecule has 22 heavy (non-hydrogen) atoms. The van der Waals surface area contributed by atoms with Crippen molar-refractivity contribution in [2.75, 3.05) is 10.6 Å². The molecule has 4 nitrogen and oxygen atoms in total. The molecule has 0 atom stereocenters. The van der Waals surface area contributed by atoms with Gasteiger partial charge < -0.3 is 10.6 Å². The van der Waals surface area contributed by atoms with E-state index in [1.165, 1.54) is 36.4 Å². The molecular weight excluding hydrogens is 290 g/mol. The molecule has 0 aromatic heterocycles. The molecule has 0 bridgehead atoms. The summed E-state index contributed by atoms with van der Waals surface area (Å²) in [6.45, 7) is 0. The van der Waals surface area contributed by atoms with E-state index in [-0.39, 0.29) is 24.2 Å². The fourth-order valence-corrected chi connectivity index (χ4v) is 1.78. The zero-order valence-electron chi connectivity index (χ0n) is 11.6. The predicted molar refractivity (Wildman–Crippen MR) is 79.3 cm³/mol. The largest absolute Gasteiger partial charge is 0.324 e. The Hall–Kier alpha value is -2.76. The number of carbonyl (C=O) groups excluding carboxylic acids is 2. The lowest BCUT2D eigenvalue weighted by atomic mass is 10.2. The van der Waals surface area contributed by atoms with Gasteiger partial charge >= 0.3 is 0 Å². The Morgan fingerprint density at radius 3 is 1.45 bits per heavy atom. The van der Waals surface area contributed by atoms with E-state index in [2.05, 4.69) is 10.6 Å². The van der Waals surface area contributed by atoms with Crippen LogP contribution in [0.3, 0.4) is 0 Å². The minimum Gasteiger partial charge on any atom is -0.324 e. The Morgan fingerprint density at radius 1 is 0.727 bits per heavy atom. The van der Waals surface area contributed by atoms with Gasteiger partial charge in [0.15, 0.2) is 0 Å². The Bertz CT molecular complexity index is 630. The first-order valence-electron chi connectivity index (χ1n) is 6.65. The van der Waals surface area contributed by atoms with E-state index in [1.807, 2.05) is 0 Å². The summed E-state index contributed by atoms with van der Waals surface area (Å²) in [4.78, 5) is 23.3. The van der Waals surface area contributed by atoms with E-state index in [1.54, 1.807) is 12.1 Å². The van der Waals surface area contributed by atoms with Crippen LogP contribution in [-0.4, -0.2) is 11.8 Å². The van der Waals surface area contributed by atoms with Crippen molar-refractivity contribution in [1.82, 2.24) is 0 Å². The number of para-hydroxylation sites is 2. The zero-order valence-corrected chi connectivity index (χ0v) is 11.6. The van der Waals surface area contributed by atoms with Crippen LogP contribution < -0.4 is 10.6 Å². The van der Waals surface area contributed by atoms with Gasteiger partial charge in [0.1, 0.15) is 11.6 Å². The molecule has 0 aliphatic carbocycles. The van der Waals surface area contributed by atoms with Gasteiger partial charge in [0.05, 0.1) is 11.4 Å².